The highest BCUT2D eigenvalue weighted by atomic mass is 16.5. The van der Waals surface area contributed by atoms with Crippen LogP contribution in [0.4, 0.5) is 11.6 Å². The van der Waals surface area contributed by atoms with Crippen LogP contribution in [-0.2, 0) is 33.0 Å². The summed E-state index contributed by atoms with van der Waals surface area (Å²) in [6.45, 7) is 10.2. The summed E-state index contributed by atoms with van der Waals surface area (Å²) in [6, 6.07) is 17.0. The predicted molar refractivity (Wildman–Crippen MR) is 259 cm³/mol. The van der Waals surface area contributed by atoms with Crippen molar-refractivity contribution < 1.29 is 18.9 Å². The lowest BCUT2D eigenvalue weighted by Crippen LogP contribution is -2.44. The third kappa shape index (κ3) is 8.39. The number of hydrogen-bond donors (Lipinski definition) is 0. The molecule has 18 heteroatoms. The van der Waals surface area contributed by atoms with Crippen LogP contribution in [0, 0.1) is 0 Å². The lowest BCUT2D eigenvalue weighted by atomic mass is 10.0. The van der Waals surface area contributed by atoms with E-state index in [1.165, 1.54) is 0 Å². The van der Waals surface area contributed by atoms with Crippen LogP contribution in [0.3, 0.4) is 0 Å². The smallest absolute Gasteiger partial charge is 0.150 e. The number of pyridine rings is 4. The second-order valence-electron chi connectivity index (χ2n) is 18.0. The highest BCUT2D eigenvalue weighted by Crippen LogP contribution is 2.39. The molecule has 0 spiro atoms. The molecule has 12 heterocycles. The van der Waals surface area contributed by atoms with Gasteiger partial charge in [-0.15, -0.1) is 0 Å². The summed E-state index contributed by atoms with van der Waals surface area (Å²) >= 11 is 0. The maximum absolute atomic E-state index is 6.05. The van der Waals surface area contributed by atoms with E-state index in [0.29, 0.717) is 26.4 Å². The van der Waals surface area contributed by atoms with Crippen molar-refractivity contribution in [2.24, 2.45) is 14.1 Å². The first-order valence-corrected chi connectivity index (χ1v) is 24.0. The van der Waals surface area contributed by atoms with Crippen molar-refractivity contribution in [3.05, 3.63) is 85.7 Å². The Balaban J connectivity index is 0.000000149. The molecule has 0 aromatic carbocycles. The summed E-state index contributed by atoms with van der Waals surface area (Å²) in [5.41, 5.74) is 9.43. The van der Waals surface area contributed by atoms with Crippen LogP contribution in [0.2, 0.25) is 0 Å². The molecule has 4 atom stereocenters. The van der Waals surface area contributed by atoms with Crippen molar-refractivity contribution in [2.75, 3.05) is 62.5 Å². The molecule has 0 saturated carbocycles. The number of rotatable bonds is 8. The van der Waals surface area contributed by atoms with Gasteiger partial charge in [0, 0.05) is 99.5 Å². The van der Waals surface area contributed by atoms with E-state index in [0.717, 1.165) is 144 Å². The summed E-state index contributed by atoms with van der Waals surface area (Å²) < 4.78 is 31.2. The number of anilines is 2. The third-order valence-corrected chi connectivity index (χ3v) is 13.6. The van der Waals surface area contributed by atoms with Crippen molar-refractivity contribution >= 4 is 33.4 Å². The molecule has 0 bridgehead atoms. The Labute approximate surface area is 394 Å². The van der Waals surface area contributed by atoms with E-state index in [1.807, 2.05) is 106 Å². The molecule has 0 unspecified atom stereocenters. The van der Waals surface area contributed by atoms with Gasteiger partial charge in [0.25, 0.3) is 0 Å². The summed E-state index contributed by atoms with van der Waals surface area (Å²) in [7, 11) is 3.94. The molecule has 4 saturated heterocycles. The topological polar surface area (TPSA) is 166 Å². The van der Waals surface area contributed by atoms with Gasteiger partial charge >= 0.3 is 0 Å². The first-order chi connectivity index (χ1) is 33.4. The SMILES string of the molecule is C[C@@H]1COCCN1c1cc(-c2ccnn2C)c2ccnc(-c3ccnn3[C@@H]3CCCCO3)c2n1.C[C@@H]1COCCN1c1cc(-c2ccnn2C)c2ccnc(-c3ccnn3[C@H]3CCCCO3)c2n1. The van der Waals surface area contributed by atoms with E-state index in [9.17, 15) is 0 Å². The zero-order valence-corrected chi connectivity index (χ0v) is 39.2. The maximum atomic E-state index is 6.05. The molecular formula is C50H58N14O4. The molecule has 4 aliphatic rings. The van der Waals surface area contributed by atoms with Crippen molar-refractivity contribution in [1.29, 1.82) is 0 Å². The van der Waals surface area contributed by atoms with Gasteiger partial charge < -0.3 is 28.7 Å². The molecule has 0 aliphatic carbocycles. The molecule has 0 N–H and O–H groups in total. The van der Waals surface area contributed by atoms with Gasteiger partial charge in [0.2, 0.25) is 0 Å². The lowest BCUT2D eigenvalue weighted by molar-refractivity contribution is -0.0384. The van der Waals surface area contributed by atoms with Crippen molar-refractivity contribution in [3.63, 3.8) is 0 Å². The fourth-order valence-electron chi connectivity index (χ4n) is 10.1. The lowest BCUT2D eigenvalue weighted by Gasteiger charge is -2.34. The Kier molecular flexibility index (Phi) is 12.4. The van der Waals surface area contributed by atoms with Crippen LogP contribution in [0.25, 0.3) is 67.1 Å². The number of aryl methyl sites for hydroxylation is 2. The standard InChI is InChI=1S/2C25H29N7O2/c2*1-17-16-33-14-12-31(17)22-15-19(20-7-10-27-30(20)2)18-6-9-26-25(24(18)29-22)21-8-11-28-32(21)23-5-3-4-13-34-23/h2*6-11,15,17,23H,3-5,12-14,16H2,1-2H3/t17-,23+;17-,23-/m11/s1. The highest BCUT2D eigenvalue weighted by Gasteiger charge is 2.28. The Morgan fingerprint density at radius 2 is 0.941 bits per heavy atom. The largest absolute Gasteiger partial charge is 0.377 e. The average molecular weight is 919 g/mol. The van der Waals surface area contributed by atoms with Gasteiger partial charge in [-0.25, -0.2) is 19.3 Å². The van der Waals surface area contributed by atoms with Crippen LogP contribution < -0.4 is 9.80 Å². The molecule has 0 radical (unpaired) electrons. The molecular weight excluding hydrogens is 861 g/mol. The minimum Gasteiger partial charge on any atom is -0.377 e. The first kappa shape index (κ1) is 43.9. The van der Waals surface area contributed by atoms with E-state index < -0.39 is 0 Å². The molecule has 12 rings (SSSR count). The van der Waals surface area contributed by atoms with Gasteiger partial charge in [-0.2, -0.15) is 20.4 Å². The number of aromatic nitrogens is 12. The zero-order chi connectivity index (χ0) is 46.1. The molecule has 4 fully saturated rings. The molecule has 8 aromatic rings. The Bertz CT molecular complexity index is 2820. The Morgan fingerprint density at radius 3 is 1.34 bits per heavy atom. The number of fused-ring (bicyclic) bond motifs is 2. The van der Waals surface area contributed by atoms with E-state index in [-0.39, 0.29) is 24.5 Å². The number of morpholine rings is 2. The van der Waals surface area contributed by atoms with Gasteiger partial charge in [-0.3, -0.25) is 19.3 Å². The van der Waals surface area contributed by atoms with Crippen LogP contribution in [0.5, 0.6) is 0 Å². The predicted octanol–water partition coefficient (Wildman–Crippen LogP) is 7.64. The first-order valence-electron chi connectivity index (χ1n) is 24.0. The number of hydrogen-bond acceptors (Lipinski definition) is 14. The molecule has 18 nitrogen and oxygen atoms in total. The van der Waals surface area contributed by atoms with Crippen LogP contribution >= 0.6 is 0 Å². The normalized spacial score (nSPS) is 21.3. The monoisotopic (exact) mass is 918 g/mol. The average Bonchev–Trinajstić information content (AvgIpc) is 4.23. The van der Waals surface area contributed by atoms with Crippen molar-refractivity contribution in [2.45, 2.75) is 76.9 Å². The van der Waals surface area contributed by atoms with E-state index in [2.05, 4.69) is 56.2 Å². The quantitative estimate of drug-likeness (QED) is 0.146. The summed E-state index contributed by atoms with van der Waals surface area (Å²) in [4.78, 5) is 24.6. The minimum atomic E-state index is -0.0743. The van der Waals surface area contributed by atoms with Gasteiger partial charge in [0.15, 0.2) is 12.5 Å². The fourth-order valence-corrected chi connectivity index (χ4v) is 10.1. The summed E-state index contributed by atoms with van der Waals surface area (Å²) in [5.74, 6) is 1.85. The van der Waals surface area contributed by atoms with Crippen molar-refractivity contribution in [3.8, 4) is 45.3 Å². The Morgan fingerprint density at radius 1 is 0.500 bits per heavy atom. The zero-order valence-electron chi connectivity index (χ0n) is 39.2. The van der Waals surface area contributed by atoms with Gasteiger partial charge in [0.1, 0.15) is 34.1 Å². The Hall–Kier alpha value is -6.60. The molecule has 8 aromatic heterocycles. The van der Waals surface area contributed by atoms with E-state index >= 15 is 0 Å². The molecule has 352 valence electrons. The molecule has 0 amide bonds. The second-order valence-corrected chi connectivity index (χ2v) is 18.0. The van der Waals surface area contributed by atoms with E-state index in [1.54, 1.807) is 0 Å². The second kappa shape index (κ2) is 19.2. The number of nitrogens with zero attached hydrogens (tertiary/aromatic N) is 14. The summed E-state index contributed by atoms with van der Waals surface area (Å²) in [5, 5.41) is 20.2. The highest BCUT2D eigenvalue weighted by molar-refractivity contribution is 6.02. The molecule has 68 heavy (non-hydrogen) atoms. The van der Waals surface area contributed by atoms with Gasteiger partial charge in [-0.1, -0.05) is 0 Å². The third-order valence-electron chi connectivity index (χ3n) is 13.6. The minimum absolute atomic E-state index is 0.0743. The van der Waals surface area contributed by atoms with E-state index in [4.69, 9.17) is 38.9 Å². The summed E-state index contributed by atoms with van der Waals surface area (Å²) in [6.07, 6.45) is 17.2. The van der Waals surface area contributed by atoms with Crippen LogP contribution in [-0.4, -0.2) is 124 Å². The maximum Gasteiger partial charge on any atom is 0.150 e. The van der Waals surface area contributed by atoms with Gasteiger partial charge in [0.05, 0.1) is 61.3 Å². The fraction of sp³-hybridized carbons (Fsp3) is 0.440. The molecule has 4 aliphatic heterocycles. The van der Waals surface area contributed by atoms with Crippen LogP contribution in [0.1, 0.15) is 64.8 Å². The number of ether oxygens (including phenoxy) is 4. The van der Waals surface area contributed by atoms with Gasteiger partial charge in [-0.05, 0) is 101 Å². The van der Waals surface area contributed by atoms with Crippen molar-refractivity contribution in [1.82, 2.24) is 59.1 Å². The van der Waals surface area contributed by atoms with Crippen LogP contribution in [0.15, 0.2) is 85.7 Å².